The fourth-order valence-corrected chi connectivity index (χ4v) is 2.34. The number of benzene rings is 1. The van der Waals surface area contributed by atoms with Gasteiger partial charge in [0.1, 0.15) is 12.1 Å². The first kappa shape index (κ1) is 20.6. The minimum atomic E-state index is -4.64. The predicted molar refractivity (Wildman–Crippen MR) is 82.9 cm³/mol. The largest absolute Gasteiger partial charge is 0.465 e. The lowest BCUT2D eigenvalue weighted by Crippen LogP contribution is -2.37. The van der Waals surface area contributed by atoms with Gasteiger partial charge in [0.15, 0.2) is 0 Å². The Morgan fingerprint density at radius 3 is 2.60 bits per heavy atom. The second-order valence-corrected chi connectivity index (χ2v) is 6.02. The van der Waals surface area contributed by atoms with Crippen LogP contribution in [0.4, 0.5) is 23.7 Å². The number of anilines is 1. The second-order valence-electron chi connectivity index (χ2n) is 4.66. The van der Waals surface area contributed by atoms with Crippen molar-refractivity contribution in [3.63, 3.8) is 0 Å². The molecule has 0 spiro atoms. The molecule has 0 fully saturated rings. The smallest absolute Gasteiger partial charge is 0.416 e. The van der Waals surface area contributed by atoms with Crippen LogP contribution in [0.3, 0.4) is 0 Å². The summed E-state index contributed by atoms with van der Waals surface area (Å²) >= 11 is 0. The van der Waals surface area contributed by atoms with Crippen molar-refractivity contribution in [3.8, 4) is 12.0 Å². The number of halogens is 3. The molecule has 2 N–H and O–H groups in total. The molecule has 0 bridgehead atoms. The van der Waals surface area contributed by atoms with E-state index in [1.807, 2.05) is 10.8 Å². The monoisotopic (exact) mass is 380 g/mol. The molecule has 0 aliphatic rings. The molecule has 25 heavy (non-hydrogen) atoms. The minimum Gasteiger partial charge on any atom is -0.465 e. The zero-order valence-corrected chi connectivity index (χ0v) is 14.0. The van der Waals surface area contributed by atoms with Gasteiger partial charge in [0.25, 0.3) is 0 Å². The maximum absolute atomic E-state index is 12.8. The summed E-state index contributed by atoms with van der Waals surface area (Å²) in [6.45, 7) is 2.84. The van der Waals surface area contributed by atoms with Crippen molar-refractivity contribution >= 4 is 22.1 Å². The minimum absolute atomic E-state index is 0.0606. The zero-order chi connectivity index (χ0) is 19.3. The Bertz CT molecular complexity index is 784. The number of carbonyl (C=O) groups is 1. The van der Waals surface area contributed by atoms with Crippen LogP contribution in [0.15, 0.2) is 24.3 Å². The van der Waals surface area contributed by atoms with Gasteiger partial charge in [-0.3, -0.25) is 4.90 Å². The van der Waals surface area contributed by atoms with E-state index < -0.39 is 34.2 Å². The molecule has 0 heterocycles. The van der Waals surface area contributed by atoms with Gasteiger partial charge in [-0.25, -0.2) is 4.79 Å². The summed E-state index contributed by atoms with van der Waals surface area (Å²) in [6.07, 6.45) is -4.37. The van der Waals surface area contributed by atoms with Crippen molar-refractivity contribution in [1.82, 2.24) is 4.72 Å². The molecule has 1 aromatic rings. The van der Waals surface area contributed by atoms with Gasteiger partial charge in [0, 0.05) is 12.2 Å². The first-order valence-corrected chi connectivity index (χ1v) is 8.26. The second kappa shape index (κ2) is 8.09. The molecule has 0 aliphatic carbocycles. The molecule has 1 rings (SSSR count). The van der Waals surface area contributed by atoms with Crippen LogP contribution in [-0.4, -0.2) is 32.2 Å². The molecule has 11 heteroatoms. The van der Waals surface area contributed by atoms with E-state index in [4.69, 9.17) is 0 Å². The maximum Gasteiger partial charge on any atom is 0.416 e. The van der Waals surface area contributed by atoms with Crippen molar-refractivity contribution in [1.29, 1.82) is 0 Å². The summed E-state index contributed by atoms with van der Waals surface area (Å²) in [7, 11) is -4.10. The van der Waals surface area contributed by atoms with Gasteiger partial charge < -0.3 is 9.29 Å². The van der Waals surface area contributed by atoms with Crippen LogP contribution in [0.1, 0.15) is 19.4 Å². The van der Waals surface area contributed by atoms with Crippen molar-refractivity contribution in [3.05, 3.63) is 29.8 Å². The van der Waals surface area contributed by atoms with E-state index in [1.165, 1.54) is 13.8 Å². The van der Waals surface area contributed by atoms with Gasteiger partial charge in [-0.2, -0.15) is 26.3 Å². The first-order valence-electron chi connectivity index (χ1n) is 6.86. The molecule has 0 aromatic heterocycles. The quantitative estimate of drug-likeness (QED) is 0.765. The zero-order valence-electron chi connectivity index (χ0n) is 13.2. The number of rotatable bonds is 5. The van der Waals surface area contributed by atoms with E-state index in [0.29, 0.717) is 11.0 Å². The third-order valence-corrected chi connectivity index (χ3v) is 3.73. The Kier molecular flexibility index (Phi) is 6.66. The highest BCUT2D eigenvalue weighted by Crippen LogP contribution is 2.32. The molecule has 1 unspecified atom stereocenters. The Hall–Kier alpha value is -2.45. The van der Waals surface area contributed by atoms with Gasteiger partial charge in [0.05, 0.1) is 5.56 Å². The summed E-state index contributed by atoms with van der Waals surface area (Å²) in [5.41, 5.74) is -1.29. The normalized spacial score (nSPS) is 12.7. The van der Waals surface area contributed by atoms with E-state index in [1.54, 1.807) is 0 Å². The Morgan fingerprint density at radius 1 is 1.44 bits per heavy atom. The van der Waals surface area contributed by atoms with Crippen molar-refractivity contribution in [2.24, 2.45) is 0 Å². The van der Waals surface area contributed by atoms with Gasteiger partial charge in [-0.05, 0) is 31.0 Å². The summed E-state index contributed by atoms with van der Waals surface area (Å²) < 4.78 is 67.0. The van der Waals surface area contributed by atoms with Gasteiger partial charge >= 0.3 is 22.6 Å². The number of hydrogen-bond acceptors (Lipinski definition) is 4. The number of carboxylic acid groups (broad SMARTS) is 1. The third kappa shape index (κ3) is 6.17. The summed E-state index contributed by atoms with van der Waals surface area (Å²) in [6, 6.07) is 2.50. The van der Waals surface area contributed by atoms with Crippen molar-refractivity contribution in [2.75, 3.05) is 11.4 Å². The molecule has 1 aromatic carbocycles. The van der Waals surface area contributed by atoms with E-state index in [9.17, 15) is 31.5 Å². The molecule has 0 aliphatic heterocycles. The number of alkyl halides is 3. The van der Waals surface area contributed by atoms with E-state index in [-0.39, 0.29) is 12.2 Å². The van der Waals surface area contributed by atoms with Crippen LogP contribution in [-0.2, 0) is 20.7 Å². The van der Waals surface area contributed by atoms with E-state index >= 15 is 0 Å². The average Bonchev–Trinajstić information content (AvgIpc) is 2.46. The number of hydrogen-bond donors (Lipinski definition) is 2. The van der Waals surface area contributed by atoms with Crippen molar-refractivity contribution < 1.29 is 35.7 Å². The number of nitrogens with one attached hydrogen (secondary N) is 1. The fourth-order valence-electron chi connectivity index (χ4n) is 1.77. The van der Waals surface area contributed by atoms with Crippen LogP contribution in [0, 0.1) is 12.0 Å². The van der Waals surface area contributed by atoms with Crippen LogP contribution in [0.2, 0.25) is 0 Å². The van der Waals surface area contributed by atoms with E-state index in [2.05, 4.69) is 10.1 Å². The van der Waals surface area contributed by atoms with Gasteiger partial charge in [-0.1, -0.05) is 13.0 Å². The lowest BCUT2D eigenvalue weighted by Gasteiger charge is -2.23. The lowest BCUT2D eigenvalue weighted by molar-refractivity contribution is -0.137. The molecule has 0 saturated heterocycles. The molecule has 1 atom stereocenters. The molecular weight excluding hydrogens is 365 g/mol. The summed E-state index contributed by atoms with van der Waals surface area (Å²) in [5, 5.41) is 9.24. The standard InChI is InChI=1S/C14H15F3N2O5S/c1-3-18-25(22,23)24-8-7-10(2)19(13(20)21)12-6-4-5-11(9-12)14(15,16)17/h4-6,9-10,18H,3H2,1-2H3,(H,20,21). The first-order chi connectivity index (χ1) is 11.5. The molecular formula is C14H15F3N2O5S. The Balaban J connectivity index is 3.08. The van der Waals surface area contributed by atoms with Crippen LogP contribution in [0.5, 0.6) is 0 Å². The molecule has 138 valence electrons. The summed E-state index contributed by atoms with van der Waals surface area (Å²) in [4.78, 5) is 11.9. The lowest BCUT2D eigenvalue weighted by atomic mass is 10.1. The molecule has 7 nitrogen and oxygen atoms in total. The predicted octanol–water partition coefficient (Wildman–Crippen LogP) is 2.41. The fraction of sp³-hybridized carbons (Fsp3) is 0.357. The van der Waals surface area contributed by atoms with Gasteiger partial charge in [0.2, 0.25) is 0 Å². The topological polar surface area (TPSA) is 95.9 Å². The maximum atomic E-state index is 12.8. The third-order valence-electron chi connectivity index (χ3n) is 2.79. The highest BCUT2D eigenvalue weighted by Gasteiger charge is 2.31. The summed E-state index contributed by atoms with van der Waals surface area (Å²) in [5.74, 6) is 2.21. The highest BCUT2D eigenvalue weighted by atomic mass is 32.2. The molecule has 0 radical (unpaired) electrons. The molecule has 1 amide bonds. The van der Waals surface area contributed by atoms with Crippen LogP contribution < -0.4 is 9.62 Å². The number of nitrogens with zero attached hydrogens (tertiary/aromatic N) is 1. The molecule has 0 saturated carbocycles. The van der Waals surface area contributed by atoms with Gasteiger partial charge in [-0.15, -0.1) is 0 Å². The van der Waals surface area contributed by atoms with Crippen molar-refractivity contribution in [2.45, 2.75) is 26.1 Å². The van der Waals surface area contributed by atoms with Crippen LogP contribution >= 0.6 is 0 Å². The average molecular weight is 380 g/mol. The van der Waals surface area contributed by atoms with E-state index in [0.717, 1.165) is 18.2 Å². The van der Waals surface area contributed by atoms with Crippen LogP contribution in [0.25, 0.3) is 0 Å². The highest BCUT2D eigenvalue weighted by molar-refractivity contribution is 7.84. The Morgan fingerprint density at radius 2 is 2.08 bits per heavy atom. The SMILES string of the molecule is CCNS(=O)(=O)OC#CC(C)N(C(=O)O)c1cccc(C(F)(F)F)c1. The number of amides is 1. The Labute approximate surface area is 142 Å².